The minimum Gasteiger partial charge on any atom is -0.454 e. The predicted molar refractivity (Wildman–Crippen MR) is 114 cm³/mol. The maximum atomic E-state index is 12.9. The molecule has 9 nitrogen and oxygen atoms in total. The summed E-state index contributed by atoms with van der Waals surface area (Å²) in [6, 6.07) is 13.6. The standard InChI is InChI=1S/C22H21N3O6S/c23-32(27,28)16-4-1-14(2-5-16)7-10-24-21(26)22(8-9-22)20-12-18(31-25-20)15-3-6-17-19(11-15)30-13-29-17/h1-6,11-12H,7-10,13H2,(H,24,26)(H2,23,27,28). The molecule has 5 rings (SSSR count). The lowest BCUT2D eigenvalue weighted by atomic mass is 10.00. The zero-order valence-electron chi connectivity index (χ0n) is 17.0. The number of primary sulfonamides is 1. The van der Waals surface area contributed by atoms with Gasteiger partial charge in [0.1, 0.15) is 0 Å². The number of nitrogens with one attached hydrogen (secondary N) is 1. The lowest BCUT2D eigenvalue weighted by molar-refractivity contribution is -0.123. The van der Waals surface area contributed by atoms with E-state index in [1.165, 1.54) is 12.1 Å². The lowest BCUT2D eigenvalue weighted by Crippen LogP contribution is -2.36. The number of carbonyl (C=O) groups is 1. The number of hydrogen-bond donors (Lipinski definition) is 2. The summed E-state index contributed by atoms with van der Waals surface area (Å²) in [6.07, 6.45) is 1.97. The van der Waals surface area contributed by atoms with Gasteiger partial charge in [0.05, 0.1) is 16.0 Å². The summed E-state index contributed by atoms with van der Waals surface area (Å²) in [5.41, 5.74) is 1.64. The number of rotatable bonds is 7. The summed E-state index contributed by atoms with van der Waals surface area (Å²) in [7, 11) is -3.72. The van der Waals surface area contributed by atoms with Crippen molar-refractivity contribution in [1.82, 2.24) is 10.5 Å². The van der Waals surface area contributed by atoms with Crippen LogP contribution < -0.4 is 19.9 Å². The first-order valence-electron chi connectivity index (χ1n) is 10.1. The van der Waals surface area contributed by atoms with Crippen molar-refractivity contribution in [2.24, 2.45) is 5.14 Å². The van der Waals surface area contributed by atoms with Gasteiger partial charge in [-0.25, -0.2) is 13.6 Å². The Morgan fingerprint density at radius 1 is 1.06 bits per heavy atom. The van der Waals surface area contributed by atoms with Crippen molar-refractivity contribution >= 4 is 15.9 Å². The fourth-order valence-electron chi connectivity index (χ4n) is 3.75. The molecule has 0 radical (unpaired) electrons. The molecule has 3 N–H and O–H groups in total. The summed E-state index contributed by atoms with van der Waals surface area (Å²) in [5, 5.41) is 12.2. The van der Waals surface area contributed by atoms with E-state index < -0.39 is 15.4 Å². The summed E-state index contributed by atoms with van der Waals surface area (Å²) in [5.74, 6) is 1.80. The summed E-state index contributed by atoms with van der Waals surface area (Å²) in [6.45, 7) is 0.613. The molecule has 166 valence electrons. The Balaban J connectivity index is 1.22. The molecule has 0 unspecified atom stereocenters. The number of nitrogens with zero attached hydrogens (tertiary/aromatic N) is 1. The van der Waals surface area contributed by atoms with Gasteiger partial charge in [0.2, 0.25) is 22.7 Å². The van der Waals surface area contributed by atoms with Crippen molar-refractivity contribution in [2.75, 3.05) is 13.3 Å². The average Bonchev–Trinajstić information content (AvgIpc) is 3.20. The lowest BCUT2D eigenvalue weighted by Gasteiger charge is -2.12. The monoisotopic (exact) mass is 455 g/mol. The first kappa shape index (κ1) is 20.5. The molecular formula is C22H21N3O6S. The molecule has 2 heterocycles. The highest BCUT2D eigenvalue weighted by Crippen LogP contribution is 2.49. The molecule has 1 aromatic heterocycles. The average molecular weight is 455 g/mol. The fraction of sp³-hybridized carbons (Fsp3) is 0.273. The normalized spacial score (nSPS) is 16.0. The number of fused-ring (bicyclic) bond motifs is 1. The maximum Gasteiger partial charge on any atom is 0.238 e. The molecule has 0 bridgehead atoms. The van der Waals surface area contributed by atoms with Crippen LogP contribution in [0.4, 0.5) is 0 Å². The van der Waals surface area contributed by atoms with E-state index in [4.69, 9.17) is 19.1 Å². The van der Waals surface area contributed by atoms with Crippen molar-refractivity contribution in [3.63, 3.8) is 0 Å². The van der Waals surface area contributed by atoms with Crippen molar-refractivity contribution in [3.8, 4) is 22.8 Å². The van der Waals surface area contributed by atoms with Crippen molar-refractivity contribution < 1.29 is 27.2 Å². The second-order valence-electron chi connectivity index (χ2n) is 7.92. The topological polar surface area (TPSA) is 134 Å². The van der Waals surface area contributed by atoms with Crippen LogP contribution in [-0.4, -0.2) is 32.8 Å². The van der Waals surface area contributed by atoms with Crippen LogP contribution in [0.15, 0.2) is 57.9 Å². The largest absolute Gasteiger partial charge is 0.454 e. The highest BCUT2D eigenvalue weighted by atomic mass is 32.2. The van der Waals surface area contributed by atoms with Crippen molar-refractivity contribution in [3.05, 3.63) is 59.8 Å². The van der Waals surface area contributed by atoms with Gasteiger partial charge < -0.3 is 19.3 Å². The molecule has 0 saturated heterocycles. The van der Waals surface area contributed by atoms with E-state index >= 15 is 0 Å². The number of amides is 1. The molecule has 32 heavy (non-hydrogen) atoms. The Labute approximate surface area is 184 Å². The number of sulfonamides is 1. The van der Waals surface area contributed by atoms with Crippen molar-refractivity contribution in [1.29, 1.82) is 0 Å². The third kappa shape index (κ3) is 3.82. The van der Waals surface area contributed by atoms with Gasteiger partial charge >= 0.3 is 0 Å². The minimum absolute atomic E-state index is 0.0616. The Hall–Kier alpha value is -3.37. The van der Waals surface area contributed by atoms with Gasteiger partial charge in [0.15, 0.2) is 17.3 Å². The van der Waals surface area contributed by atoms with Crippen LogP contribution in [0.1, 0.15) is 24.1 Å². The van der Waals surface area contributed by atoms with Crippen LogP contribution >= 0.6 is 0 Å². The van der Waals surface area contributed by atoms with Gasteiger partial charge in [-0.3, -0.25) is 4.79 Å². The molecule has 0 spiro atoms. The number of ether oxygens (including phenoxy) is 2. The van der Waals surface area contributed by atoms with Crippen LogP contribution in [-0.2, 0) is 26.7 Å². The quantitative estimate of drug-likeness (QED) is 0.557. The van der Waals surface area contributed by atoms with E-state index in [1.807, 2.05) is 18.2 Å². The maximum absolute atomic E-state index is 12.9. The molecule has 2 aliphatic rings. The molecule has 2 aromatic carbocycles. The molecule has 0 atom stereocenters. The first-order chi connectivity index (χ1) is 15.3. The van der Waals surface area contributed by atoms with Gasteiger partial charge in [-0.2, -0.15) is 0 Å². The molecule has 1 saturated carbocycles. The molecule has 1 aliphatic heterocycles. The molecular weight excluding hydrogens is 434 g/mol. The van der Waals surface area contributed by atoms with Crippen molar-refractivity contribution in [2.45, 2.75) is 29.6 Å². The van der Waals surface area contributed by atoms with Gasteiger partial charge in [-0.15, -0.1) is 0 Å². The van der Waals surface area contributed by atoms with Crippen LogP contribution in [0.2, 0.25) is 0 Å². The summed E-state index contributed by atoms with van der Waals surface area (Å²) in [4.78, 5) is 12.9. The Morgan fingerprint density at radius 3 is 2.53 bits per heavy atom. The van der Waals surface area contributed by atoms with E-state index in [0.29, 0.717) is 48.8 Å². The number of benzene rings is 2. The molecule has 1 fully saturated rings. The first-order valence-corrected chi connectivity index (χ1v) is 11.7. The number of carbonyl (C=O) groups excluding carboxylic acids is 1. The second-order valence-corrected chi connectivity index (χ2v) is 9.48. The zero-order chi connectivity index (χ0) is 22.3. The molecule has 1 amide bonds. The van der Waals surface area contributed by atoms with E-state index in [-0.39, 0.29) is 17.6 Å². The summed E-state index contributed by atoms with van der Waals surface area (Å²) < 4.78 is 38.9. The minimum atomic E-state index is -3.72. The third-order valence-electron chi connectivity index (χ3n) is 5.79. The molecule has 1 aliphatic carbocycles. The third-order valence-corrected chi connectivity index (χ3v) is 6.72. The highest BCUT2D eigenvalue weighted by molar-refractivity contribution is 7.89. The van der Waals surface area contributed by atoms with Crippen LogP contribution in [0, 0.1) is 0 Å². The van der Waals surface area contributed by atoms with Crippen LogP contribution in [0.3, 0.4) is 0 Å². The second kappa shape index (κ2) is 7.64. The highest BCUT2D eigenvalue weighted by Gasteiger charge is 2.53. The van der Waals surface area contributed by atoms with Gasteiger partial charge in [0, 0.05) is 18.2 Å². The van der Waals surface area contributed by atoms with E-state index in [9.17, 15) is 13.2 Å². The van der Waals surface area contributed by atoms with Gasteiger partial charge in [-0.1, -0.05) is 17.3 Å². The van der Waals surface area contributed by atoms with Gasteiger partial charge in [0.25, 0.3) is 0 Å². The Kier molecular flexibility index (Phi) is 4.90. The van der Waals surface area contributed by atoms with Crippen LogP contribution in [0.25, 0.3) is 11.3 Å². The zero-order valence-corrected chi connectivity index (χ0v) is 17.9. The SMILES string of the molecule is NS(=O)(=O)c1ccc(CCNC(=O)C2(c3cc(-c4ccc5c(c4)OCO5)on3)CC2)cc1. The number of aromatic nitrogens is 1. The number of hydrogen-bond acceptors (Lipinski definition) is 7. The van der Waals surface area contributed by atoms with Crippen LogP contribution in [0.5, 0.6) is 11.5 Å². The van der Waals surface area contributed by atoms with Gasteiger partial charge in [-0.05, 0) is 55.2 Å². The molecule has 3 aromatic rings. The molecule has 10 heteroatoms. The van der Waals surface area contributed by atoms with E-state index in [0.717, 1.165) is 11.1 Å². The summed E-state index contributed by atoms with van der Waals surface area (Å²) >= 11 is 0. The van der Waals surface area contributed by atoms with E-state index in [1.54, 1.807) is 18.2 Å². The van der Waals surface area contributed by atoms with E-state index in [2.05, 4.69) is 10.5 Å². The predicted octanol–water partition coefficient (Wildman–Crippen LogP) is 2.11. The fourth-order valence-corrected chi connectivity index (χ4v) is 4.26. The Morgan fingerprint density at radius 2 is 1.81 bits per heavy atom. The smallest absolute Gasteiger partial charge is 0.238 e. The number of nitrogens with two attached hydrogens (primary N) is 1. The Bertz CT molecular complexity index is 1280.